The molecular formula is C24H23F2N7O4S. The van der Waals surface area contributed by atoms with Crippen molar-refractivity contribution in [2.45, 2.75) is 13.3 Å². The van der Waals surface area contributed by atoms with Gasteiger partial charge in [0.15, 0.2) is 33.9 Å². The number of nitrogens with zero attached hydrogens (tertiary/aromatic N) is 6. The van der Waals surface area contributed by atoms with E-state index in [-0.39, 0.29) is 15.7 Å². The highest BCUT2D eigenvalue weighted by atomic mass is 32.1. The van der Waals surface area contributed by atoms with Crippen molar-refractivity contribution in [1.82, 2.24) is 19.9 Å². The van der Waals surface area contributed by atoms with E-state index in [1.54, 1.807) is 18.0 Å². The van der Waals surface area contributed by atoms with Crippen LogP contribution in [-0.4, -0.2) is 68.3 Å². The molecule has 1 fully saturated rings. The van der Waals surface area contributed by atoms with E-state index in [1.165, 1.54) is 10.7 Å². The van der Waals surface area contributed by atoms with Gasteiger partial charge in [0.25, 0.3) is 0 Å². The van der Waals surface area contributed by atoms with E-state index >= 15 is 4.39 Å². The van der Waals surface area contributed by atoms with Gasteiger partial charge < -0.3 is 35.5 Å². The van der Waals surface area contributed by atoms with Crippen LogP contribution < -0.4 is 15.1 Å². The van der Waals surface area contributed by atoms with Crippen molar-refractivity contribution < 1.29 is 29.2 Å². The molecule has 0 spiro atoms. The Labute approximate surface area is 219 Å². The average Bonchev–Trinajstić information content (AvgIpc) is 3.51. The molecule has 4 aromatic rings. The number of fused-ring (bicyclic) bond motifs is 1. The molecule has 0 radical (unpaired) electrons. The van der Waals surface area contributed by atoms with Crippen LogP contribution in [0.25, 0.3) is 16.8 Å². The first-order valence-electron chi connectivity index (χ1n) is 11.6. The number of aromatic nitrogens is 3. The standard InChI is InChI=1S/C24H23F2N7O4S/c1-3-12-19(14-8-13(11(25)10-33(14)30-12)32-6-4-28-5-7-32)31(2)24-29-18(15(9-27)38-24)16-20(34)22(36)17(26)23(37)21(16)35/h8,10,28,34-37H,3-7H2,1-2H3. The molecule has 1 aliphatic heterocycles. The number of benzene rings is 1. The lowest BCUT2D eigenvalue weighted by molar-refractivity contribution is 0.338. The smallest absolute Gasteiger partial charge is 0.214 e. The number of halogens is 2. The Kier molecular flexibility index (Phi) is 6.33. The van der Waals surface area contributed by atoms with Crippen molar-refractivity contribution in [3.63, 3.8) is 0 Å². The zero-order valence-electron chi connectivity index (χ0n) is 20.3. The van der Waals surface area contributed by atoms with Crippen LogP contribution in [0.4, 0.5) is 25.3 Å². The monoisotopic (exact) mass is 543 g/mol. The van der Waals surface area contributed by atoms with Gasteiger partial charge in [-0.3, -0.25) is 0 Å². The summed E-state index contributed by atoms with van der Waals surface area (Å²) >= 11 is 0.902. The van der Waals surface area contributed by atoms with E-state index in [0.717, 1.165) is 24.4 Å². The van der Waals surface area contributed by atoms with Gasteiger partial charge in [-0.15, -0.1) is 0 Å². The van der Waals surface area contributed by atoms with Gasteiger partial charge in [0.1, 0.15) is 16.6 Å². The molecule has 11 nitrogen and oxygen atoms in total. The van der Waals surface area contributed by atoms with Gasteiger partial charge in [0, 0.05) is 33.2 Å². The first-order chi connectivity index (χ1) is 18.2. The first-order valence-corrected chi connectivity index (χ1v) is 12.5. The van der Waals surface area contributed by atoms with Crippen LogP contribution in [0.15, 0.2) is 12.3 Å². The van der Waals surface area contributed by atoms with Crippen LogP contribution in [0, 0.1) is 23.0 Å². The topological polar surface area (TPSA) is 153 Å². The lowest BCUT2D eigenvalue weighted by Gasteiger charge is -2.29. The Morgan fingerprint density at radius 1 is 1.13 bits per heavy atom. The van der Waals surface area contributed by atoms with Gasteiger partial charge in [0.05, 0.1) is 34.3 Å². The summed E-state index contributed by atoms with van der Waals surface area (Å²) in [6.45, 7) is 4.62. The molecule has 0 amide bonds. The van der Waals surface area contributed by atoms with Crippen LogP contribution in [-0.2, 0) is 6.42 Å². The van der Waals surface area contributed by atoms with Crippen LogP contribution in [0.1, 0.15) is 17.5 Å². The number of anilines is 3. The van der Waals surface area contributed by atoms with E-state index in [0.29, 0.717) is 42.1 Å². The zero-order valence-corrected chi connectivity index (χ0v) is 21.1. The van der Waals surface area contributed by atoms with Crippen molar-refractivity contribution in [3.8, 4) is 40.3 Å². The first kappa shape index (κ1) is 25.3. The van der Waals surface area contributed by atoms with Gasteiger partial charge in [-0.2, -0.15) is 14.8 Å². The van der Waals surface area contributed by atoms with Crippen molar-refractivity contribution in [2.75, 3.05) is 43.0 Å². The third-order valence-electron chi connectivity index (χ3n) is 6.45. The number of hydrogen-bond acceptors (Lipinski definition) is 11. The zero-order chi connectivity index (χ0) is 27.3. The molecule has 5 N–H and O–H groups in total. The summed E-state index contributed by atoms with van der Waals surface area (Å²) in [7, 11) is 1.67. The second-order valence-corrected chi connectivity index (χ2v) is 9.63. The molecule has 14 heteroatoms. The largest absolute Gasteiger partial charge is 0.504 e. The number of phenolic OH excluding ortho intramolecular Hbond substituents is 4. The minimum absolute atomic E-state index is 0.0788. The molecule has 5 rings (SSSR count). The number of aryl methyl sites for hydroxylation is 1. The summed E-state index contributed by atoms with van der Waals surface area (Å²) in [6, 6.07) is 3.63. The summed E-state index contributed by atoms with van der Waals surface area (Å²) in [6.07, 6.45) is 1.81. The van der Waals surface area contributed by atoms with Gasteiger partial charge in [-0.25, -0.2) is 13.9 Å². The number of pyridine rings is 1. The third kappa shape index (κ3) is 3.87. The summed E-state index contributed by atoms with van der Waals surface area (Å²) in [4.78, 5) is 7.89. The number of phenols is 4. The second kappa shape index (κ2) is 9.51. The summed E-state index contributed by atoms with van der Waals surface area (Å²) in [5.74, 6) is -6.75. The molecule has 0 unspecified atom stereocenters. The van der Waals surface area contributed by atoms with Gasteiger partial charge in [-0.1, -0.05) is 18.3 Å². The summed E-state index contributed by atoms with van der Waals surface area (Å²) in [5, 5.41) is 58.1. The minimum atomic E-state index is -1.61. The second-order valence-electron chi connectivity index (χ2n) is 8.65. The summed E-state index contributed by atoms with van der Waals surface area (Å²) < 4.78 is 30.4. The molecule has 0 saturated carbocycles. The lowest BCUT2D eigenvalue weighted by Crippen LogP contribution is -2.43. The Balaban J connectivity index is 1.66. The third-order valence-corrected chi connectivity index (χ3v) is 7.49. The highest BCUT2D eigenvalue weighted by Crippen LogP contribution is 2.52. The summed E-state index contributed by atoms with van der Waals surface area (Å²) in [5.41, 5.74) is 1.40. The predicted molar refractivity (Wildman–Crippen MR) is 137 cm³/mol. The fraction of sp³-hybridized carbons (Fsp3) is 0.292. The van der Waals surface area contributed by atoms with Gasteiger partial charge >= 0.3 is 0 Å². The number of nitrogens with one attached hydrogen (secondary N) is 1. The quantitative estimate of drug-likeness (QED) is 0.187. The van der Waals surface area contributed by atoms with Crippen LogP contribution >= 0.6 is 11.3 Å². The molecule has 1 aromatic carbocycles. The molecule has 1 aliphatic rings. The molecule has 38 heavy (non-hydrogen) atoms. The fourth-order valence-electron chi connectivity index (χ4n) is 4.53. The molecular weight excluding hydrogens is 520 g/mol. The normalized spacial score (nSPS) is 13.7. The van der Waals surface area contributed by atoms with Crippen molar-refractivity contribution in [3.05, 3.63) is 34.5 Å². The number of piperazine rings is 1. The Morgan fingerprint density at radius 3 is 2.39 bits per heavy atom. The molecule has 3 aromatic heterocycles. The maximum atomic E-state index is 15.0. The van der Waals surface area contributed by atoms with Crippen molar-refractivity contribution >= 4 is 33.4 Å². The number of nitriles is 1. The molecule has 0 atom stereocenters. The maximum absolute atomic E-state index is 15.0. The van der Waals surface area contributed by atoms with E-state index in [4.69, 9.17) is 0 Å². The van der Waals surface area contributed by atoms with Gasteiger partial charge in [0.2, 0.25) is 5.82 Å². The molecule has 1 saturated heterocycles. The Morgan fingerprint density at radius 2 is 1.79 bits per heavy atom. The van der Waals surface area contributed by atoms with Gasteiger partial charge in [-0.05, 0) is 12.5 Å². The van der Waals surface area contributed by atoms with E-state index in [9.17, 15) is 30.1 Å². The number of rotatable bonds is 5. The lowest BCUT2D eigenvalue weighted by atomic mass is 10.1. The molecule has 0 aliphatic carbocycles. The van der Waals surface area contributed by atoms with Crippen molar-refractivity contribution in [2.24, 2.45) is 0 Å². The van der Waals surface area contributed by atoms with Crippen LogP contribution in [0.5, 0.6) is 23.0 Å². The molecule has 0 bridgehead atoms. The van der Waals surface area contributed by atoms with Crippen LogP contribution in [0.2, 0.25) is 0 Å². The van der Waals surface area contributed by atoms with E-state index in [2.05, 4.69) is 15.4 Å². The minimum Gasteiger partial charge on any atom is -0.504 e. The SMILES string of the molecule is CCc1nn2cc(F)c(N3CCNCC3)cc2c1N(C)c1nc(-c2c(O)c(O)c(F)c(O)c2O)c(C#N)s1. The number of thiazole rings is 1. The highest BCUT2D eigenvalue weighted by Gasteiger charge is 2.30. The van der Waals surface area contributed by atoms with Crippen molar-refractivity contribution in [1.29, 1.82) is 5.26 Å². The Bertz CT molecular complexity index is 1580. The fourth-order valence-corrected chi connectivity index (χ4v) is 5.37. The maximum Gasteiger partial charge on any atom is 0.214 e. The number of aromatic hydroxyl groups is 4. The Hall–Kier alpha value is -4.35. The van der Waals surface area contributed by atoms with E-state index < -0.39 is 40.2 Å². The van der Waals surface area contributed by atoms with E-state index in [1.807, 2.05) is 17.9 Å². The predicted octanol–water partition coefficient (Wildman–Crippen LogP) is 3.17. The molecule has 198 valence electrons. The highest BCUT2D eigenvalue weighted by molar-refractivity contribution is 7.16. The molecule has 4 heterocycles. The van der Waals surface area contributed by atoms with Crippen LogP contribution in [0.3, 0.4) is 0 Å². The average molecular weight is 544 g/mol. The number of hydrogen-bond donors (Lipinski definition) is 5.